The van der Waals surface area contributed by atoms with Gasteiger partial charge in [-0.25, -0.2) is 0 Å². The van der Waals surface area contributed by atoms with Crippen LogP contribution in [0.2, 0.25) is 0 Å². The summed E-state index contributed by atoms with van der Waals surface area (Å²) in [6.07, 6.45) is 10.5. The zero-order valence-corrected chi connectivity index (χ0v) is 11.2. The van der Waals surface area contributed by atoms with Gasteiger partial charge in [-0.15, -0.1) is 0 Å². The lowest BCUT2D eigenvalue weighted by molar-refractivity contribution is 0.0662. The summed E-state index contributed by atoms with van der Waals surface area (Å²) < 4.78 is 5.90. The molecule has 98 valence electrons. The molecule has 2 saturated carbocycles. The summed E-state index contributed by atoms with van der Waals surface area (Å²) in [5.74, 6) is 3.14. The van der Waals surface area contributed by atoms with Gasteiger partial charge in [0.25, 0.3) is 0 Å². The standard InChI is InChI=1S/C15H27NO/c1-2-16-14(15-4-3-7-17-15)10-13-9-11-5-6-12(13)8-11/h11-16H,2-10H2,1H3. The number of hydrogen-bond acceptors (Lipinski definition) is 2. The molecule has 0 aromatic rings. The van der Waals surface area contributed by atoms with E-state index in [0.29, 0.717) is 12.1 Å². The lowest BCUT2D eigenvalue weighted by Gasteiger charge is -2.30. The second-order valence-electron chi connectivity index (χ2n) is 6.39. The Morgan fingerprint density at radius 1 is 1.24 bits per heavy atom. The lowest BCUT2D eigenvalue weighted by atomic mass is 9.83. The smallest absolute Gasteiger partial charge is 0.0728 e. The second-order valence-corrected chi connectivity index (χ2v) is 6.39. The minimum Gasteiger partial charge on any atom is -0.377 e. The van der Waals surface area contributed by atoms with Gasteiger partial charge in [-0.3, -0.25) is 0 Å². The molecule has 1 heterocycles. The molecule has 2 heteroatoms. The van der Waals surface area contributed by atoms with Gasteiger partial charge in [-0.2, -0.15) is 0 Å². The van der Waals surface area contributed by atoms with Crippen molar-refractivity contribution in [3.63, 3.8) is 0 Å². The second kappa shape index (κ2) is 5.27. The number of fused-ring (bicyclic) bond motifs is 2. The predicted octanol–water partition coefficient (Wildman–Crippen LogP) is 2.97. The first-order chi connectivity index (χ1) is 8.36. The van der Waals surface area contributed by atoms with Crippen molar-refractivity contribution >= 4 is 0 Å². The monoisotopic (exact) mass is 237 g/mol. The van der Waals surface area contributed by atoms with E-state index >= 15 is 0 Å². The summed E-state index contributed by atoms with van der Waals surface area (Å²) in [6, 6.07) is 0.631. The van der Waals surface area contributed by atoms with E-state index in [1.165, 1.54) is 44.9 Å². The van der Waals surface area contributed by atoms with E-state index in [1.54, 1.807) is 0 Å². The Balaban J connectivity index is 1.56. The van der Waals surface area contributed by atoms with Crippen molar-refractivity contribution < 1.29 is 4.74 Å². The minimum absolute atomic E-state index is 0.508. The van der Waals surface area contributed by atoms with Crippen LogP contribution in [0.5, 0.6) is 0 Å². The van der Waals surface area contributed by atoms with Crippen molar-refractivity contribution in [1.29, 1.82) is 0 Å². The third-order valence-electron chi connectivity index (χ3n) is 5.32. The maximum atomic E-state index is 5.90. The number of rotatable bonds is 5. The molecule has 0 radical (unpaired) electrons. The summed E-state index contributed by atoms with van der Waals surface area (Å²) in [6.45, 7) is 4.30. The summed E-state index contributed by atoms with van der Waals surface area (Å²) in [5.41, 5.74) is 0. The van der Waals surface area contributed by atoms with E-state index in [-0.39, 0.29) is 0 Å². The lowest BCUT2D eigenvalue weighted by Crippen LogP contribution is -2.41. The van der Waals surface area contributed by atoms with E-state index < -0.39 is 0 Å². The topological polar surface area (TPSA) is 21.3 Å². The molecule has 1 N–H and O–H groups in total. The molecule has 17 heavy (non-hydrogen) atoms. The number of nitrogens with one attached hydrogen (secondary N) is 1. The highest BCUT2D eigenvalue weighted by molar-refractivity contribution is 4.93. The molecule has 2 aliphatic carbocycles. The molecule has 1 aliphatic heterocycles. The van der Waals surface area contributed by atoms with Crippen LogP contribution in [0.15, 0.2) is 0 Å². The van der Waals surface area contributed by atoms with Crippen molar-refractivity contribution in [2.45, 2.75) is 64.0 Å². The summed E-state index contributed by atoms with van der Waals surface area (Å²) >= 11 is 0. The van der Waals surface area contributed by atoms with Gasteiger partial charge in [0.15, 0.2) is 0 Å². The molecule has 3 rings (SSSR count). The van der Waals surface area contributed by atoms with E-state index in [0.717, 1.165) is 30.9 Å². The van der Waals surface area contributed by atoms with Gasteiger partial charge in [-0.05, 0) is 62.8 Å². The molecule has 5 unspecified atom stereocenters. The van der Waals surface area contributed by atoms with Gasteiger partial charge in [0.2, 0.25) is 0 Å². The van der Waals surface area contributed by atoms with Crippen LogP contribution in [0.3, 0.4) is 0 Å². The molecular formula is C15H27NO. The highest BCUT2D eigenvalue weighted by Gasteiger charge is 2.41. The average Bonchev–Trinajstić information content (AvgIpc) is 3.06. The van der Waals surface area contributed by atoms with Crippen LogP contribution < -0.4 is 5.32 Å². The van der Waals surface area contributed by atoms with Gasteiger partial charge in [0, 0.05) is 12.6 Å². The summed E-state index contributed by atoms with van der Waals surface area (Å²) in [5, 5.41) is 3.69. The Morgan fingerprint density at radius 3 is 2.76 bits per heavy atom. The van der Waals surface area contributed by atoms with Crippen molar-refractivity contribution in [1.82, 2.24) is 5.32 Å². The number of ether oxygens (including phenoxy) is 1. The van der Waals surface area contributed by atoms with Crippen LogP contribution >= 0.6 is 0 Å². The Bertz CT molecular complexity index is 249. The van der Waals surface area contributed by atoms with E-state index in [4.69, 9.17) is 4.74 Å². The van der Waals surface area contributed by atoms with Gasteiger partial charge >= 0.3 is 0 Å². The molecule has 5 atom stereocenters. The van der Waals surface area contributed by atoms with Crippen molar-refractivity contribution in [3.05, 3.63) is 0 Å². The van der Waals surface area contributed by atoms with Gasteiger partial charge in [0.1, 0.15) is 0 Å². The maximum absolute atomic E-state index is 5.90. The molecule has 1 saturated heterocycles. The van der Waals surface area contributed by atoms with Crippen molar-refractivity contribution in [2.24, 2.45) is 17.8 Å². The molecular weight excluding hydrogens is 210 g/mol. The van der Waals surface area contributed by atoms with Crippen molar-refractivity contribution in [3.8, 4) is 0 Å². The number of hydrogen-bond donors (Lipinski definition) is 1. The largest absolute Gasteiger partial charge is 0.377 e. The third kappa shape index (κ3) is 2.53. The molecule has 0 aromatic heterocycles. The number of likely N-dealkylation sites (N-methyl/N-ethyl adjacent to an activating group) is 1. The van der Waals surface area contributed by atoms with E-state index in [2.05, 4.69) is 12.2 Å². The van der Waals surface area contributed by atoms with Crippen LogP contribution in [-0.2, 0) is 4.74 Å². The summed E-state index contributed by atoms with van der Waals surface area (Å²) in [4.78, 5) is 0. The fourth-order valence-electron chi connectivity index (χ4n) is 4.54. The quantitative estimate of drug-likeness (QED) is 0.793. The van der Waals surface area contributed by atoms with Crippen LogP contribution in [0.1, 0.15) is 51.9 Å². The van der Waals surface area contributed by atoms with E-state index in [1.807, 2.05) is 0 Å². The Labute approximate surface area is 105 Å². The maximum Gasteiger partial charge on any atom is 0.0728 e. The zero-order valence-electron chi connectivity index (χ0n) is 11.2. The SMILES string of the molecule is CCNC(CC1CC2CCC1C2)C1CCCO1. The Hall–Kier alpha value is -0.0800. The highest BCUT2D eigenvalue weighted by Crippen LogP contribution is 2.50. The first kappa shape index (κ1) is 12.0. The zero-order chi connectivity index (χ0) is 11.7. The summed E-state index contributed by atoms with van der Waals surface area (Å²) in [7, 11) is 0. The first-order valence-corrected chi connectivity index (χ1v) is 7.71. The van der Waals surface area contributed by atoms with Crippen LogP contribution in [0.4, 0.5) is 0 Å². The molecule has 2 nitrogen and oxygen atoms in total. The first-order valence-electron chi connectivity index (χ1n) is 7.71. The van der Waals surface area contributed by atoms with Crippen LogP contribution in [0.25, 0.3) is 0 Å². The third-order valence-corrected chi connectivity index (χ3v) is 5.32. The van der Waals surface area contributed by atoms with Gasteiger partial charge < -0.3 is 10.1 Å². The van der Waals surface area contributed by atoms with Crippen LogP contribution in [-0.4, -0.2) is 25.3 Å². The molecule has 0 aromatic carbocycles. The van der Waals surface area contributed by atoms with Gasteiger partial charge in [0.05, 0.1) is 6.10 Å². The van der Waals surface area contributed by atoms with Gasteiger partial charge in [-0.1, -0.05) is 13.3 Å². The van der Waals surface area contributed by atoms with Crippen LogP contribution in [0, 0.1) is 17.8 Å². The molecule has 3 aliphatic rings. The normalized spacial score (nSPS) is 42.2. The molecule has 0 spiro atoms. The molecule has 3 fully saturated rings. The fraction of sp³-hybridized carbons (Fsp3) is 1.00. The Kier molecular flexibility index (Phi) is 3.72. The minimum atomic E-state index is 0.508. The highest BCUT2D eigenvalue weighted by atomic mass is 16.5. The van der Waals surface area contributed by atoms with Crippen molar-refractivity contribution in [2.75, 3.05) is 13.2 Å². The molecule has 0 amide bonds. The molecule has 2 bridgehead atoms. The predicted molar refractivity (Wildman–Crippen MR) is 70.0 cm³/mol. The fourth-order valence-corrected chi connectivity index (χ4v) is 4.54. The van der Waals surface area contributed by atoms with E-state index in [9.17, 15) is 0 Å². The Morgan fingerprint density at radius 2 is 2.18 bits per heavy atom. The average molecular weight is 237 g/mol.